The van der Waals surface area contributed by atoms with Gasteiger partial charge in [-0.3, -0.25) is 4.57 Å². The molecule has 0 spiro atoms. The van der Waals surface area contributed by atoms with Gasteiger partial charge in [-0.15, -0.1) is 0 Å². The lowest BCUT2D eigenvalue weighted by molar-refractivity contribution is 0.973. The summed E-state index contributed by atoms with van der Waals surface area (Å²) in [7, 11) is 0. The molecule has 0 aliphatic carbocycles. The average Bonchev–Trinajstić information content (AvgIpc) is 2.42. The van der Waals surface area contributed by atoms with Gasteiger partial charge in [-0.2, -0.15) is 0 Å². The van der Waals surface area contributed by atoms with E-state index in [1.165, 1.54) is 0 Å². The second-order valence-electron chi connectivity index (χ2n) is 3.04. The Morgan fingerprint density at radius 3 is 3.07 bits per heavy atom. The number of rotatable bonds is 0. The number of allylic oxidation sites excluding steroid dienone is 2. The van der Waals surface area contributed by atoms with Crippen molar-refractivity contribution < 1.29 is 0 Å². The zero-order chi connectivity index (χ0) is 9.38. The number of fused-ring (bicyclic) bond motifs is 3. The van der Waals surface area contributed by atoms with Crippen molar-refractivity contribution in [2.24, 2.45) is 0 Å². The standard InChI is InChI=1S/C11H8N2S/c1-2-6-10-9(5-1)12-11-13(10)7-3-4-8-14-11/h1-8H. The molecule has 0 fully saturated rings. The summed E-state index contributed by atoms with van der Waals surface area (Å²) >= 11 is 1.64. The first kappa shape index (κ1) is 7.88. The number of para-hydroxylation sites is 2. The SMILES string of the molecule is C1=CSc2nc3ccccc3n2C=C1. The van der Waals surface area contributed by atoms with E-state index in [0.29, 0.717) is 0 Å². The summed E-state index contributed by atoms with van der Waals surface area (Å²) in [6.07, 6.45) is 6.09. The third-order valence-corrected chi connectivity index (χ3v) is 2.95. The second-order valence-corrected chi connectivity index (χ2v) is 3.91. The normalized spacial score (nSPS) is 14.3. The largest absolute Gasteiger partial charge is 0.294 e. The molecule has 68 valence electrons. The summed E-state index contributed by atoms with van der Waals surface area (Å²) in [5, 5.41) is 3.07. The highest BCUT2D eigenvalue weighted by molar-refractivity contribution is 8.02. The van der Waals surface area contributed by atoms with E-state index in [1.807, 2.05) is 42.0 Å². The number of thioether (sulfide) groups is 1. The Bertz CT molecular complexity index is 537. The molecule has 1 aliphatic rings. The molecule has 1 aromatic heterocycles. The van der Waals surface area contributed by atoms with Crippen molar-refractivity contribution in [1.82, 2.24) is 9.55 Å². The fourth-order valence-corrected chi connectivity index (χ4v) is 2.25. The molecule has 0 radical (unpaired) electrons. The minimum Gasteiger partial charge on any atom is -0.294 e. The first-order valence-electron chi connectivity index (χ1n) is 4.42. The van der Waals surface area contributed by atoms with Crippen LogP contribution in [-0.4, -0.2) is 9.55 Å². The Hall–Kier alpha value is -1.48. The van der Waals surface area contributed by atoms with E-state index in [0.717, 1.165) is 16.2 Å². The van der Waals surface area contributed by atoms with E-state index in [4.69, 9.17) is 0 Å². The van der Waals surface area contributed by atoms with Crippen molar-refractivity contribution in [1.29, 1.82) is 0 Å². The van der Waals surface area contributed by atoms with E-state index < -0.39 is 0 Å². The lowest BCUT2D eigenvalue weighted by Crippen LogP contribution is -1.85. The molecule has 2 nitrogen and oxygen atoms in total. The molecule has 0 saturated carbocycles. The fraction of sp³-hybridized carbons (Fsp3) is 0. The third kappa shape index (κ3) is 1.09. The van der Waals surface area contributed by atoms with Gasteiger partial charge in [-0.05, 0) is 23.6 Å². The molecule has 2 heterocycles. The molecule has 14 heavy (non-hydrogen) atoms. The van der Waals surface area contributed by atoms with Crippen LogP contribution in [0.1, 0.15) is 0 Å². The molecule has 3 rings (SSSR count). The fourth-order valence-electron chi connectivity index (χ4n) is 1.53. The van der Waals surface area contributed by atoms with Gasteiger partial charge in [0.05, 0.1) is 11.0 Å². The predicted octanol–water partition coefficient (Wildman–Crippen LogP) is 3.13. The van der Waals surface area contributed by atoms with Gasteiger partial charge in [0, 0.05) is 6.20 Å². The Balaban J connectivity index is 2.37. The Morgan fingerprint density at radius 1 is 1.14 bits per heavy atom. The zero-order valence-electron chi connectivity index (χ0n) is 7.42. The van der Waals surface area contributed by atoms with Gasteiger partial charge in [-0.25, -0.2) is 4.98 Å². The average molecular weight is 200 g/mol. The molecule has 1 aromatic carbocycles. The van der Waals surface area contributed by atoms with Gasteiger partial charge in [0.15, 0.2) is 5.16 Å². The molecule has 3 heteroatoms. The van der Waals surface area contributed by atoms with Crippen molar-refractivity contribution in [3.8, 4) is 0 Å². The molecular formula is C11H8N2S. The third-order valence-electron chi connectivity index (χ3n) is 2.16. The minimum absolute atomic E-state index is 1.02. The Morgan fingerprint density at radius 2 is 2.07 bits per heavy atom. The maximum atomic E-state index is 4.54. The van der Waals surface area contributed by atoms with Crippen LogP contribution in [-0.2, 0) is 0 Å². The van der Waals surface area contributed by atoms with Crippen LogP contribution in [0.5, 0.6) is 0 Å². The molecule has 0 amide bonds. The van der Waals surface area contributed by atoms with Gasteiger partial charge in [-0.1, -0.05) is 30.0 Å². The van der Waals surface area contributed by atoms with Crippen molar-refractivity contribution in [3.63, 3.8) is 0 Å². The first-order chi connectivity index (χ1) is 6.95. The Labute approximate surface area is 85.9 Å². The summed E-state index contributed by atoms with van der Waals surface area (Å²) in [6, 6.07) is 8.17. The molecule has 0 atom stereocenters. The molecule has 1 aliphatic heterocycles. The number of hydrogen-bond acceptors (Lipinski definition) is 2. The van der Waals surface area contributed by atoms with Crippen LogP contribution in [0, 0.1) is 0 Å². The lowest BCUT2D eigenvalue weighted by atomic mass is 10.3. The minimum atomic E-state index is 1.02. The van der Waals surface area contributed by atoms with Crippen LogP contribution >= 0.6 is 11.8 Å². The lowest BCUT2D eigenvalue weighted by Gasteiger charge is -1.97. The van der Waals surface area contributed by atoms with Crippen LogP contribution in [0.4, 0.5) is 0 Å². The van der Waals surface area contributed by atoms with Crippen molar-refractivity contribution in [2.75, 3.05) is 0 Å². The van der Waals surface area contributed by atoms with Crippen molar-refractivity contribution >= 4 is 29.0 Å². The molecule has 0 N–H and O–H groups in total. The van der Waals surface area contributed by atoms with Crippen LogP contribution in [0.3, 0.4) is 0 Å². The summed E-state index contributed by atoms with van der Waals surface area (Å²) in [6.45, 7) is 0. The summed E-state index contributed by atoms with van der Waals surface area (Å²) in [5.74, 6) is 0. The zero-order valence-corrected chi connectivity index (χ0v) is 8.24. The molecule has 2 aromatic rings. The number of hydrogen-bond donors (Lipinski definition) is 0. The molecular weight excluding hydrogens is 192 g/mol. The highest BCUT2D eigenvalue weighted by atomic mass is 32.2. The topological polar surface area (TPSA) is 17.8 Å². The van der Waals surface area contributed by atoms with Crippen LogP contribution in [0.15, 0.2) is 47.0 Å². The quantitative estimate of drug-likeness (QED) is 0.650. The highest BCUT2D eigenvalue weighted by Crippen LogP contribution is 2.26. The van der Waals surface area contributed by atoms with E-state index in [-0.39, 0.29) is 0 Å². The maximum absolute atomic E-state index is 4.54. The summed E-state index contributed by atoms with van der Waals surface area (Å²) in [5.41, 5.74) is 2.21. The second kappa shape index (κ2) is 3.03. The number of benzene rings is 1. The number of nitrogens with zero attached hydrogens (tertiary/aromatic N) is 2. The predicted molar refractivity (Wildman–Crippen MR) is 60.1 cm³/mol. The van der Waals surface area contributed by atoms with Gasteiger partial charge in [0.1, 0.15) is 0 Å². The highest BCUT2D eigenvalue weighted by Gasteiger charge is 2.08. The van der Waals surface area contributed by atoms with E-state index >= 15 is 0 Å². The monoisotopic (exact) mass is 200 g/mol. The van der Waals surface area contributed by atoms with E-state index in [1.54, 1.807) is 11.8 Å². The van der Waals surface area contributed by atoms with Gasteiger partial charge in [0.2, 0.25) is 0 Å². The van der Waals surface area contributed by atoms with Gasteiger partial charge < -0.3 is 0 Å². The summed E-state index contributed by atoms with van der Waals surface area (Å²) < 4.78 is 2.11. The molecule has 0 unspecified atom stereocenters. The summed E-state index contributed by atoms with van der Waals surface area (Å²) in [4.78, 5) is 4.54. The molecule has 0 bridgehead atoms. The number of imidazole rings is 1. The molecule has 0 saturated heterocycles. The number of aromatic nitrogens is 2. The van der Waals surface area contributed by atoms with Crippen LogP contribution < -0.4 is 0 Å². The van der Waals surface area contributed by atoms with Crippen molar-refractivity contribution in [2.45, 2.75) is 5.16 Å². The van der Waals surface area contributed by atoms with E-state index in [2.05, 4.69) is 15.6 Å². The van der Waals surface area contributed by atoms with Gasteiger partial charge >= 0.3 is 0 Å². The maximum Gasteiger partial charge on any atom is 0.177 e. The smallest absolute Gasteiger partial charge is 0.177 e. The first-order valence-corrected chi connectivity index (χ1v) is 5.30. The van der Waals surface area contributed by atoms with Crippen molar-refractivity contribution in [3.05, 3.63) is 41.8 Å². The Kier molecular flexibility index (Phi) is 1.70. The van der Waals surface area contributed by atoms with E-state index in [9.17, 15) is 0 Å². The van der Waals surface area contributed by atoms with Crippen LogP contribution in [0.2, 0.25) is 0 Å². The van der Waals surface area contributed by atoms with Crippen LogP contribution in [0.25, 0.3) is 17.2 Å². The van der Waals surface area contributed by atoms with Gasteiger partial charge in [0.25, 0.3) is 0 Å².